The number of hydrogen-bond donors (Lipinski definition) is 3. The Labute approximate surface area is 83.5 Å². The number of carbonyl (C=O) groups is 1. The first-order valence-corrected chi connectivity index (χ1v) is 3.96. The van der Waals surface area contributed by atoms with E-state index in [0.29, 0.717) is 13.0 Å². The van der Waals surface area contributed by atoms with E-state index in [1.54, 1.807) is 6.92 Å². The van der Waals surface area contributed by atoms with Gasteiger partial charge in [0.2, 0.25) is 5.91 Å². The Hall–Kier alpha value is -0.295. The van der Waals surface area contributed by atoms with Crippen molar-refractivity contribution in [3.05, 3.63) is 0 Å². The van der Waals surface area contributed by atoms with Gasteiger partial charge in [-0.25, -0.2) is 0 Å². The molecule has 4 N–H and O–H groups in total. The van der Waals surface area contributed by atoms with Gasteiger partial charge in [0.05, 0.1) is 12.0 Å². The first-order chi connectivity index (χ1) is 5.54. The van der Waals surface area contributed by atoms with Gasteiger partial charge in [-0.05, 0) is 13.3 Å². The van der Waals surface area contributed by atoms with Gasteiger partial charge in [-0.1, -0.05) is 0 Å². The zero-order valence-electron chi connectivity index (χ0n) is 7.38. The molecule has 1 amide bonds. The Kier molecular flexibility index (Phi) is 4.70. The highest BCUT2D eigenvalue weighted by Gasteiger charge is 2.36. The van der Waals surface area contributed by atoms with Crippen molar-refractivity contribution in [2.75, 3.05) is 6.54 Å². The lowest BCUT2D eigenvalue weighted by molar-refractivity contribution is -0.129. The molecule has 0 spiro atoms. The molecule has 76 valence electrons. The van der Waals surface area contributed by atoms with Crippen LogP contribution in [0.3, 0.4) is 0 Å². The zero-order valence-corrected chi connectivity index (χ0v) is 8.20. The van der Waals surface area contributed by atoms with Crippen molar-refractivity contribution in [1.29, 1.82) is 0 Å². The molecular weight excluding hydrogens is 194 g/mol. The number of amides is 1. The maximum Gasteiger partial charge on any atom is 0.475 e. The lowest BCUT2D eigenvalue weighted by Crippen LogP contribution is -2.47. The summed E-state index contributed by atoms with van der Waals surface area (Å²) in [5.74, 6) is -0.762. The summed E-state index contributed by atoms with van der Waals surface area (Å²) in [4.78, 5) is 12.6. The van der Waals surface area contributed by atoms with E-state index in [1.807, 2.05) is 0 Å². The molecule has 0 aromatic heterocycles. The standard InChI is InChI=1S/C6H13BN2O3.ClH/c1-4(7(11)12)9-3-2-5(8)6(9)10;/h4-5,11-12H,2-3,8H2,1H3;1H/t4-,5-;/m0./s1. The number of carbonyl (C=O) groups excluding carboxylic acids is 1. The summed E-state index contributed by atoms with van der Waals surface area (Å²) in [6.45, 7) is 2.10. The van der Waals surface area contributed by atoms with Crippen molar-refractivity contribution in [3.63, 3.8) is 0 Å². The molecule has 0 aromatic rings. The van der Waals surface area contributed by atoms with E-state index in [1.165, 1.54) is 4.90 Å². The van der Waals surface area contributed by atoms with Gasteiger partial charge in [0.15, 0.2) is 0 Å². The molecule has 0 aliphatic carbocycles. The number of likely N-dealkylation sites (tertiary alicyclic amines) is 1. The van der Waals surface area contributed by atoms with Gasteiger partial charge < -0.3 is 20.7 Å². The molecular formula is C6H14BClN2O3. The third-order valence-corrected chi connectivity index (χ3v) is 2.20. The minimum absolute atomic E-state index is 0. The van der Waals surface area contributed by atoms with E-state index in [4.69, 9.17) is 15.8 Å². The summed E-state index contributed by atoms with van der Waals surface area (Å²) in [5, 5.41) is 17.6. The Morgan fingerprint density at radius 1 is 1.69 bits per heavy atom. The summed E-state index contributed by atoms with van der Waals surface area (Å²) >= 11 is 0. The summed E-state index contributed by atoms with van der Waals surface area (Å²) in [6, 6.07) is -0.466. The van der Waals surface area contributed by atoms with Crippen LogP contribution in [0.25, 0.3) is 0 Å². The molecule has 0 bridgehead atoms. The molecule has 2 atom stereocenters. The van der Waals surface area contributed by atoms with E-state index < -0.39 is 19.1 Å². The van der Waals surface area contributed by atoms with Crippen LogP contribution in [-0.2, 0) is 4.79 Å². The van der Waals surface area contributed by atoms with Crippen LogP contribution in [0.1, 0.15) is 13.3 Å². The maximum atomic E-state index is 11.2. The average molecular weight is 208 g/mol. The van der Waals surface area contributed by atoms with E-state index in [-0.39, 0.29) is 18.3 Å². The lowest BCUT2D eigenvalue weighted by atomic mass is 9.80. The fourth-order valence-corrected chi connectivity index (χ4v) is 1.29. The first kappa shape index (κ1) is 12.7. The van der Waals surface area contributed by atoms with Crippen molar-refractivity contribution in [1.82, 2.24) is 4.90 Å². The van der Waals surface area contributed by atoms with Crippen molar-refractivity contribution in [2.24, 2.45) is 5.73 Å². The second-order valence-electron chi connectivity index (χ2n) is 3.08. The monoisotopic (exact) mass is 208 g/mol. The molecule has 5 nitrogen and oxygen atoms in total. The SMILES string of the molecule is C[C@@H](B(O)O)N1CC[C@H](N)C1=O.Cl. The van der Waals surface area contributed by atoms with Crippen molar-refractivity contribution in [2.45, 2.75) is 25.3 Å². The molecule has 1 aliphatic heterocycles. The number of nitrogens with zero attached hydrogens (tertiary/aromatic N) is 1. The summed E-state index contributed by atoms with van der Waals surface area (Å²) in [7, 11) is -1.49. The third kappa shape index (κ3) is 2.57. The van der Waals surface area contributed by atoms with Crippen LogP contribution in [0.5, 0.6) is 0 Å². The molecule has 0 aromatic carbocycles. The highest BCUT2D eigenvalue weighted by molar-refractivity contribution is 6.43. The predicted octanol–water partition coefficient (Wildman–Crippen LogP) is -1.63. The van der Waals surface area contributed by atoms with Crippen molar-refractivity contribution in [3.8, 4) is 0 Å². The van der Waals surface area contributed by atoms with Gasteiger partial charge in [0, 0.05) is 6.54 Å². The molecule has 1 heterocycles. The molecule has 1 saturated heterocycles. The minimum atomic E-state index is -1.49. The Morgan fingerprint density at radius 3 is 2.54 bits per heavy atom. The van der Waals surface area contributed by atoms with Crippen molar-refractivity contribution >= 4 is 25.4 Å². The number of nitrogens with two attached hydrogens (primary N) is 1. The quantitative estimate of drug-likeness (QED) is 0.476. The summed E-state index contributed by atoms with van der Waals surface area (Å²) in [5.41, 5.74) is 5.45. The number of halogens is 1. The highest BCUT2D eigenvalue weighted by Crippen LogP contribution is 2.13. The molecule has 1 fully saturated rings. The maximum absolute atomic E-state index is 11.2. The summed E-state index contributed by atoms with van der Waals surface area (Å²) < 4.78 is 0. The smallest absolute Gasteiger partial charge is 0.426 e. The lowest BCUT2D eigenvalue weighted by Gasteiger charge is -2.23. The predicted molar refractivity (Wildman–Crippen MR) is 51.2 cm³/mol. The van der Waals surface area contributed by atoms with Gasteiger partial charge >= 0.3 is 7.12 Å². The second kappa shape index (κ2) is 4.81. The zero-order chi connectivity index (χ0) is 9.30. The normalized spacial score (nSPS) is 24.2. The van der Waals surface area contributed by atoms with Gasteiger partial charge in [0.25, 0.3) is 0 Å². The molecule has 0 unspecified atom stereocenters. The van der Waals surface area contributed by atoms with Crippen LogP contribution in [0.2, 0.25) is 0 Å². The molecule has 1 rings (SSSR count). The van der Waals surface area contributed by atoms with E-state index in [2.05, 4.69) is 0 Å². The van der Waals surface area contributed by atoms with Crippen LogP contribution in [0.15, 0.2) is 0 Å². The van der Waals surface area contributed by atoms with Crippen LogP contribution < -0.4 is 5.73 Å². The fourth-order valence-electron chi connectivity index (χ4n) is 1.29. The Bertz CT molecular complexity index is 193. The molecule has 0 radical (unpaired) electrons. The number of rotatable bonds is 2. The van der Waals surface area contributed by atoms with Gasteiger partial charge in [-0.3, -0.25) is 4.79 Å². The second-order valence-corrected chi connectivity index (χ2v) is 3.08. The highest BCUT2D eigenvalue weighted by atomic mass is 35.5. The van der Waals surface area contributed by atoms with E-state index >= 15 is 0 Å². The van der Waals surface area contributed by atoms with E-state index in [0.717, 1.165) is 0 Å². The molecule has 7 heteroatoms. The van der Waals surface area contributed by atoms with Crippen LogP contribution in [0, 0.1) is 0 Å². The van der Waals surface area contributed by atoms with E-state index in [9.17, 15) is 4.79 Å². The van der Waals surface area contributed by atoms with Crippen LogP contribution in [0.4, 0.5) is 0 Å². The topological polar surface area (TPSA) is 86.8 Å². The van der Waals surface area contributed by atoms with Gasteiger partial charge in [-0.2, -0.15) is 0 Å². The Morgan fingerprint density at radius 2 is 2.23 bits per heavy atom. The third-order valence-electron chi connectivity index (χ3n) is 2.20. The Balaban J connectivity index is 0.00000144. The van der Waals surface area contributed by atoms with Crippen LogP contribution >= 0.6 is 12.4 Å². The molecule has 1 aliphatic rings. The molecule has 0 saturated carbocycles. The van der Waals surface area contributed by atoms with Gasteiger partial charge in [-0.15, -0.1) is 12.4 Å². The first-order valence-electron chi connectivity index (χ1n) is 3.96. The number of hydrogen-bond acceptors (Lipinski definition) is 4. The van der Waals surface area contributed by atoms with Gasteiger partial charge in [0.1, 0.15) is 0 Å². The minimum Gasteiger partial charge on any atom is -0.426 e. The molecule has 13 heavy (non-hydrogen) atoms. The van der Waals surface area contributed by atoms with Crippen molar-refractivity contribution < 1.29 is 14.8 Å². The summed E-state index contributed by atoms with van der Waals surface area (Å²) in [6.07, 6.45) is 0.593. The largest absolute Gasteiger partial charge is 0.475 e. The average Bonchev–Trinajstić information content (AvgIpc) is 2.32. The fraction of sp³-hybridized carbons (Fsp3) is 0.833. The van der Waals surface area contributed by atoms with Crippen LogP contribution in [-0.4, -0.2) is 46.5 Å².